The predicted octanol–water partition coefficient (Wildman–Crippen LogP) is 2.64. The first-order valence-corrected chi connectivity index (χ1v) is 7.38. The van der Waals surface area contributed by atoms with Gasteiger partial charge in [0.15, 0.2) is 0 Å². The van der Waals surface area contributed by atoms with Gasteiger partial charge < -0.3 is 9.53 Å². The molecule has 0 bridgehead atoms. The first-order chi connectivity index (χ1) is 8.55. The van der Waals surface area contributed by atoms with Crippen LogP contribution in [0.25, 0.3) is 0 Å². The molecule has 104 valence electrons. The molecule has 2 rings (SSSR count). The summed E-state index contributed by atoms with van der Waals surface area (Å²) in [6.07, 6.45) is 8.43. The molecular weight excluding hydrogens is 226 g/mol. The van der Waals surface area contributed by atoms with E-state index in [1.165, 1.54) is 32.0 Å². The molecule has 1 saturated carbocycles. The lowest BCUT2D eigenvalue weighted by atomic mass is 9.81. The van der Waals surface area contributed by atoms with Gasteiger partial charge in [0.2, 0.25) is 0 Å². The molecule has 1 aliphatic carbocycles. The minimum Gasteiger partial charge on any atom is -0.373 e. The summed E-state index contributed by atoms with van der Waals surface area (Å²) in [4.78, 5) is 14.0. The Hall–Kier alpha value is -0.410. The third kappa shape index (κ3) is 3.55. The van der Waals surface area contributed by atoms with Crippen LogP contribution in [0.2, 0.25) is 0 Å². The van der Waals surface area contributed by atoms with Gasteiger partial charge in [-0.25, -0.2) is 0 Å². The van der Waals surface area contributed by atoms with E-state index < -0.39 is 0 Å². The predicted molar refractivity (Wildman–Crippen MR) is 72.7 cm³/mol. The Morgan fingerprint density at radius 1 is 1.17 bits per heavy atom. The summed E-state index contributed by atoms with van der Waals surface area (Å²) in [7, 11) is 0. The summed E-state index contributed by atoms with van der Waals surface area (Å²) < 4.78 is 5.75. The second-order valence-electron chi connectivity index (χ2n) is 6.71. The molecule has 1 heterocycles. The van der Waals surface area contributed by atoms with Crippen LogP contribution in [0, 0.1) is 5.41 Å². The van der Waals surface area contributed by atoms with Gasteiger partial charge in [-0.3, -0.25) is 4.90 Å². The van der Waals surface area contributed by atoms with Crippen molar-refractivity contribution in [1.29, 1.82) is 0 Å². The van der Waals surface area contributed by atoms with Crippen molar-refractivity contribution >= 4 is 6.29 Å². The Balaban J connectivity index is 1.98. The molecule has 0 aromatic heterocycles. The average molecular weight is 253 g/mol. The van der Waals surface area contributed by atoms with Gasteiger partial charge in [0.05, 0.1) is 12.2 Å². The van der Waals surface area contributed by atoms with Crippen molar-refractivity contribution in [2.45, 2.75) is 58.0 Å². The maximum atomic E-state index is 11.6. The molecule has 1 aliphatic heterocycles. The van der Waals surface area contributed by atoms with Crippen molar-refractivity contribution in [3.05, 3.63) is 0 Å². The Morgan fingerprint density at radius 2 is 1.83 bits per heavy atom. The zero-order valence-corrected chi connectivity index (χ0v) is 11.9. The van der Waals surface area contributed by atoms with Crippen LogP contribution in [0.1, 0.15) is 52.4 Å². The van der Waals surface area contributed by atoms with Crippen molar-refractivity contribution in [2.24, 2.45) is 5.41 Å². The zero-order valence-electron chi connectivity index (χ0n) is 11.9. The summed E-state index contributed by atoms with van der Waals surface area (Å²) in [5.74, 6) is 0. The van der Waals surface area contributed by atoms with Crippen molar-refractivity contribution in [1.82, 2.24) is 4.90 Å². The summed E-state index contributed by atoms with van der Waals surface area (Å²) >= 11 is 0. The molecular formula is C15H27NO2. The summed E-state index contributed by atoms with van der Waals surface area (Å²) in [6, 6.07) is 0. The summed E-state index contributed by atoms with van der Waals surface area (Å²) in [6.45, 7) is 7.92. The van der Waals surface area contributed by atoms with Crippen LogP contribution in [0.15, 0.2) is 0 Å². The van der Waals surface area contributed by atoms with Crippen LogP contribution in [-0.4, -0.2) is 43.0 Å². The maximum Gasteiger partial charge on any atom is 0.127 e. The SMILES string of the molecule is CC1(C)CN(CC2(C=O)CCCCCC2)CCO1. The summed E-state index contributed by atoms with van der Waals surface area (Å²) in [5, 5.41) is 0. The highest BCUT2D eigenvalue weighted by Crippen LogP contribution is 2.34. The highest BCUT2D eigenvalue weighted by atomic mass is 16.5. The molecule has 0 radical (unpaired) electrons. The van der Waals surface area contributed by atoms with E-state index in [1.807, 2.05) is 0 Å². The Morgan fingerprint density at radius 3 is 2.39 bits per heavy atom. The normalized spacial score (nSPS) is 28.6. The standard InChI is InChI=1S/C15H27NO2/c1-14(2)11-16(9-10-18-14)12-15(13-17)7-5-3-4-6-8-15/h13H,3-12H2,1-2H3. The number of carbonyl (C=O) groups excluding carboxylic acids is 1. The van der Waals surface area contributed by atoms with E-state index in [9.17, 15) is 4.79 Å². The van der Waals surface area contributed by atoms with Gasteiger partial charge in [0.1, 0.15) is 6.29 Å². The van der Waals surface area contributed by atoms with Gasteiger partial charge in [-0.1, -0.05) is 25.7 Å². The van der Waals surface area contributed by atoms with Crippen LogP contribution >= 0.6 is 0 Å². The van der Waals surface area contributed by atoms with Crippen LogP contribution in [0.5, 0.6) is 0 Å². The third-order valence-corrected chi connectivity index (χ3v) is 4.39. The molecule has 1 saturated heterocycles. The lowest BCUT2D eigenvalue weighted by molar-refractivity contribution is -0.123. The molecule has 0 amide bonds. The second kappa shape index (κ2) is 5.70. The number of hydrogen-bond donors (Lipinski definition) is 0. The van der Waals surface area contributed by atoms with Crippen LogP contribution in [-0.2, 0) is 9.53 Å². The molecule has 0 atom stereocenters. The molecule has 0 N–H and O–H groups in total. The van der Waals surface area contributed by atoms with Gasteiger partial charge in [0.25, 0.3) is 0 Å². The molecule has 0 aromatic rings. The van der Waals surface area contributed by atoms with Gasteiger partial charge >= 0.3 is 0 Å². The largest absolute Gasteiger partial charge is 0.373 e. The zero-order chi connectivity index (χ0) is 13.1. The third-order valence-electron chi connectivity index (χ3n) is 4.39. The molecule has 0 aromatic carbocycles. The smallest absolute Gasteiger partial charge is 0.127 e. The van der Waals surface area contributed by atoms with Gasteiger partial charge in [-0.15, -0.1) is 0 Å². The molecule has 18 heavy (non-hydrogen) atoms. The van der Waals surface area contributed by atoms with E-state index in [0.717, 1.165) is 39.1 Å². The van der Waals surface area contributed by atoms with Crippen LogP contribution < -0.4 is 0 Å². The Kier molecular flexibility index (Phi) is 4.44. The van der Waals surface area contributed by atoms with E-state index in [-0.39, 0.29) is 11.0 Å². The minimum absolute atomic E-state index is 0.0624. The first-order valence-electron chi connectivity index (χ1n) is 7.38. The van der Waals surface area contributed by atoms with Crippen LogP contribution in [0.4, 0.5) is 0 Å². The maximum absolute atomic E-state index is 11.6. The van der Waals surface area contributed by atoms with E-state index in [2.05, 4.69) is 18.7 Å². The highest BCUT2D eigenvalue weighted by Gasteiger charge is 2.36. The number of nitrogens with zero attached hydrogens (tertiary/aromatic N) is 1. The molecule has 3 nitrogen and oxygen atoms in total. The number of morpholine rings is 1. The number of carbonyl (C=O) groups is 1. The van der Waals surface area contributed by atoms with E-state index in [4.69, 9.17) is 4.74 Å². The highest BCUT2D eigenvalue weighted by molar-refractivity contribution is 5.59. The van der Waals surface area contributed by atoms with E-state index >= 15 is 0 Å². The lowest BCUT2D eigenvalue weighted by Gasteiger charge is -2.42. The molecule has 3 heteroatoms. The minimum atomic E-state index is -0.0794. The fourth-order valence-electron chi connectivity index (χ4n) is 3.44. The monoisotopic (exact) mass is 253 g/mol. The number of aldehydes is 1. The fraction of sp³-hybridized carbons (Fsp3) is 0.933. The van der Waals surface area contributed by atoms with Gasteiger partial charge in [-0.05, 0) is 26.7 Å². The fourth-order valence-corrected chi connectivity index (χ4v) is 3.44. The van der Waals surface area contributed by atoms with Crippen molar-refractivity contribution in [3.63, 3.8) is 0 Å². The summed E-state index contributed by atoms with van der Waals surface area (Å²) in [5.41, 5.74) is -0.142. The van der Waals surface area contributed by atoms with E-state index in [0.29, 0.717) is 0 Å². The molecule has 2 fully saturated rings. The molecule has 0 spiro atoms. The number of ether oxygens (including phenoxy) is 1. The average Bonchev–Trinajstić information content (AvgIpc) is 2.54. The van der Waals surface area contributed by atoms with Gasteiger partial charge in [0, 0.05) is 25.0 Å². The number of rotatable bonds is 3. The lowest BCUT2D eigenvalue weighted by Crippen LogP contribution is -2.51. The Labute approximate surface area is 111 Å². The van der Waals surface area contributed by atoms with Crippen molar-refractivity contribution in [2.75, 3.05) is 26.2 Å². The van der Waals surface area contributed by atoms with Crippen molar-refractivity contribution in [3.8, 4) is 0 Å². The molecule has 0 unspecified atom stereocenters. The second-order valence-corrected chi connectivity index (χ2v) is 6.71. The quantitative estimate of drug-likeness (QED) is 0.572. The topological polar surface area (TPSA) is 29.5 Å². The first kappa shape index (κ1) is 14.0. The van der Waals surface area contributed by atoms with E-state index in [1.54, 1.807) is 0 Å². The Bertz CT molecular complexity index is 280. The molecule has 2 aliphatic rings. The van der Waals surface area contributed by atoms with Gasteiger partial charge in [-0.2, -0.15) is 0 Å². The van der Waals surface area contributed by atoms with Crippen LogP contribution in [0.3, 0.4) is 0 Å². The van der Waals surface area contributed by atoms with Crippen molar-refractivity contribution < 1.29 is 9.53 Å². The number of hydrogen-bond acceptors (Lipinski definition) is 3.